The Hall–Kier alpha value is -1.72. The predicted octanol–water partition coefficient (Wildman–Crippen LogP) is 4.60. The molecule has 0 spiro atoms. The van der Waals surface area contributed by atoms with Gasteiger partial charge in [0.15, 0.2) is 0 Å². The van der Waals surface area contributed by atoms with E-state index in [0.29, 0.717) is 5.56 Å². The Bertz CT molecular complexity index is 664. The van der Waals surface area contributed by atoms with E-state index in [1.807, 2.05) is 48.5 Å². The molecule has 2 aromatic rings. The number of nitrogens with zero attached hydrogens (tertiary/aromatic N) is 1. The first-order valence-corrected chi connectivity index (χ1v) is 7.75. The quantitative estimate of drug-likeness (QED) is 0.583. The third-order valence-electron chi connectivity index (χ3n) is 2.56. The fourth-order valence-corrected chi connectivity index (χ4v) is 2.20. The van der Waals surface area contributed by atoms with Crippen LogP contribution in [0.4, 0.5) is 0 Å². The van der Waals surface area contributed by atoms with Crippen LogP contribution in [0.1, 0.15) is 15.9 Å². The molecule has 0 aliphatic rings. The minimum atomic E-state index is -0.251. The zero-order valence-electron chi connectivity index (χ0n) is 11.0. The number of carbonyl (C=O) groups is 1. The van der Waals surface area contributed by atoms with Gasteiger partial charge in [0.1, 0.15) is 0 Å². The summed E-state index contributed by atoms with van der Waals surface area (Å²) in [6.07, 6.45) is 3.46. The zero-order valence-corrected chi connectivity index (χ0v) is 14.1. The third kappa shape index (κ3) is 5.28. The van der Waals surface area contributed by atoms with Crippen LogP contribution in [0.25, 0.3) is 6.08 Å². The van der Waals surface area contributed by atoms with Crippen molar-refractivity contribution in [3.63, 3.8) is 0 Å². The predicted molar refractivity (Wildman–Crippen MR) is 93.4 cm³/mol. The number of nitrogens with one attached hydrogen (secondary N) is 1. The smallest absolute Gasteiger partial charge is 0.267 e. The summed E-state index contributed by atoms with van der Waals surface area (Å²) < 4.78 is 1.70. The van der Waals surface area contributed by atoms with Crippen LogP contribution in [0, 0.1) is 0 Å². The van der Waals surface area contributed by atoms with E-state index in [-0.39, 0.29) is 5.91 Å². The van der Waals surface area contributed by atoms with Crippen molar-refractivity contribution >= 4 is 50.1 Å². The number of rotatable bonds is 4. The number of hydrazone groups is 1. The lowest BCUT2D eigenvalue weighted by molar-refractivity contribution is 0.0955. The molecule has 2 rings (SSSR count). The molecule has 0 bridgehead atoms. The molecule has 21 heavy (non-hydrogen) atoms. The maximum Gasteiger partial charge on any atom is 0.271 e. The lowest BCUT2D eigenvalue weighted by atomic mass is 10.2. The van der Waals surface area contributed by atoms with Gasteiger partial charge in [-0.2, -0.15) is 5.10 Å². The molecule has 0 aromatic heterocycles. The number of hydrogen-bond donors (Lipinski definition) is 1. The van der Waals surface area contributed by atoms with Crippen molar-refractivity contribution in [1.29, 1.82) is 0 Å². The Balaban J connectivity index is 1.94. The molecule has 3 nitrogen and oxygen atoms in total. The molecule has 0 radical (unpaired) electrons. The SMILES string of the molecule is O=C(N/N=C/C(Br)=C\c1ccccc1)c1ccc(Br)cc1. The van der Waals surface area contributed by atoms with Gasteiger partial charge < -0.3 is 0 Å². The average molecular weight is 408 g/mol. The molecule has 0 aliphatic heterocycles. The lowest BCUT2D eigenvalue weighted by Crippen LogP contribution is -2.17. The molecule has 0 heterocycles. The van der Waals surface area contributed by atoms with Gasteiger partial charge in [0, 0.05) is 14.5 Å². The van der Waals surface area contributed by atoms with Gasteiger partial charge in [-0.25, -0.2) is 5.43 Å². The average Bonchev–Trinajstić information content (AvgIpc) is 2.49. The van der Waals surface area contributed by atoms with Crippen LogP contribution in [0.15, 0.2) is 68.7 Å². The first kappa shape index (κ1) is 15.7. The van der Waals surface area contributed by atoms with Crippen LogP contribution in [0.5, 0.6) is 0 Å². The van der Waals surface area contributed by atoms with Gasteiger partial charge in [-0.05, 0) is 51.8 Å². The molecule has 0 saturated heterocycles. The molecule has 2 aromatic carbocycles. The van der Waals surface area contributed by atoms with Crippen LogP contribution in [-0.4, -0.2) is 12.1 Å². The Morgan fingerprint density at radius 3 is 2.38 bits per heavy atom. The maximum absolute atomic E-state index is 11.8. The van der Waals surface area contributed by atoms with Crippen LogP contribution in [0.3, 0.4) is 0 Å². The summed E-state index contributed by atoms with van der Waals surface area (Å²) in [5.74, 6) is -0.251. The lowest BCUT2D eigenvalue weighted by Gasteiger charge is -1.99. The molecule has 5 heteroatoms. The monoisotopic (exact) mass is 406 g/mol. The van der Waals surface area contributed by atoms with Crippen molar-refractivity contribution in [1.82, 2.24) is 5.43 Å². The van der Waals surface area contributed by atoms with E-state index >= 15 is 0 Å². The van der Waals surface area contributed by atoms with Gasteiger partial charge in [0.2, 0.25) is 0 Å². The van der Waals surface area contributed by atoms with E-state index in [9.17, 15) is 4.79 Å². The molecule has 0 atom stereocenters. The molecule has 0 saturated carbocycles. The summed E-state index contributed by atoms with van der Waals surface area (Å²) in [6.45, 7) is 0. The van der Waals surface area contributed by atoms with Gasteiger partial charge in [0.25, 0.3) is 5.91 Å². The van der Waals surface area contributed by atoms with Crippen molar-refractivity contribution in [2.24, 2.45) is 5.10 Å². The standard InChI is InChI=1S/C16H12Br2N2O/c17-14-8-6-13(7-9-14)16(21)20-19-11-15(18)10-12-4-2-1-3-5-12/h1-11H,(H,20,21)/b15-10+,19-11+. The summed E-state index contributed by atoms with van der Waals surface area (Å²) >= 11 is 6.71. The Labute approximate surface area is 140 Å². The minimum Gasteiger partial charge on any atom is -0.267 e. The number of allylic oxidation sites excluding steroid dienone is 1. The van der Waals surface area contributed by atoms with E-state index < -0.39 is 0 Å². The highest BCUT2D eigenvalue weighted by Crippen LogP contribution is 2.11. The summed E-state index contributed by atoms with van der Waals surface area (Å²) in [7, 11) is 0. The highest BCUT2D eigenvalue weighted by molar-refractivity contribution is 9.12. The van der Waals surface area contributed by atoms with Gasteiger partial charge in [0.05, 0.1) is 6.21 Å². The van der Waals surface area contributed by atoms with Crippen LogP contribution in [-0.2, 0) is 0 Å². The summed E-state index contributed by atoms with van der Waals surface area (Å²) in [5, 5.41) is 3.91. The summed E-state index contributed by atoms with van der Waals surface area (Å²) in [6, 6.07) is 16.9. The normalized spacial score (nSPS) is 11.6. The van der Waals surface area contributed by atoms with Gasteiger partial charge >= 0.3 is 0 Å². The van der Waals surface area contributed by atoms with Crippen LogP contribution >= 0.6 is 31.9 Å². The second-order valence-corrected chi connectivity index (χ2v) is 5.98. The van der Waals surface area contributed by atoms with E-state index in [2.05, 4.69) is 42.4 Å². The fourth-order valence-electron chi connectivity index (χ4n) is 1.56. The molecule has 106 valence electrons. The maximum atomic E-state index is 11.8. The topological polar surface area (TPSA) is 41.5 Å². The zero-order chi connectivity index (χ0) is 15.1. The highest BCUT2D eigenvalue weighted by Gasteiger charge is 2.02. The van der Waals surface area contributed by atoms with E-state index in [1.54, 1.807) is 18.3 Å². The van der Waals surface area contributed by atoms with Crippen molar-refractivity contribution < 1.29 is 4.79 Å². The summed E-state index contributed by atoms with van der Waals surface area (Å²) in [4.78, 5) is 11.8. The van der Waals surface area contributed by atoms with E-state index in [0.717, 1.165) is 14.5 Å². The second kappa shape index (κ2) is 7.90. The van der Waals surface area contributed by atoms with Crippen molar-refractivity contribution in [3.05, 3.63) is 74.7 Å². The first-order valence-electron chi connectivity index (χ1n) is 6.16. The largest absolute Gasteiger partial charge is 0.271 e. The van der Waals surface area contributed by atoms with E-state index in [4.69, 9.17) is 0 Å². The van der Waals surface area contributed by atoms with Crippen LogP contribution < -0.4 is 5.43 Å². The molecule has 0 aliphatic carbocycles. The Morgan fingerprint density at radius 1 is 1.05 bits per heavy atom. The first-order chi connectivity index (χ1) is 10.1. The number of benzene rings is 2. The Morgan fingerprint density at radius 2 is 1.71 bits per heavy atom. The summed E-state index contributed by atoms with van der Waals surface area (Å²) in [5.41, 5.74) is 4.08. The molecular formula is C16H12Br2N2O. The number of hydrogen-bond acceptors (Lipinski definition) is 2. The van der Waals surface area contributed by atoms with Gasteiger partial charge in [-0.1, -0.05) is 46.3 Å². The highest BCUT2D eigenvalue weighted by atomic mass is 79.9. The van der Waals surface area contributed by atoms with Gasteiger partial charge in [-0.15, -0.1) is 0 Å². The molecule has 0 fully saturated rings. The van der Waals surface area contributed by atoms with Crippen molar-refractivity contribution in [2.75, 3.05) is 0 Å². The second-order valence-electron chi connectivity index (χ2n) is 4.15. The molecular weight excluding hydrogens is 396 g/mol. The molecule has 0 unspecified atom stereocenters. The van der Waals surface area contributed by atoms with E-state index in [1.165, 1.54) is 0 Å². The number of halogens is 2. The van der Waals surface area contributed by atoms with Gasteiger partial charge in [-0.3, -0.25) is 4.79 Å². The van der Waals surface area contributed by atoms with Crippen LogP contribution in [0.2, 0.25) is 0 Å². The van der Waals surface area contributed by atoms with Crippen molar-refractivity contribution in [3.8, 4) is 0 Å². The Kier molecular flexibility index (Phi) is 5.90. The number of amides is 1. The molecule has 1 amide bonds. The minimum absolute atomic E-state index is 0.251. The number of carbonyl (C=O) groups excluding carboxylic acids is 1. The van der Waals surface area contributed by atoms with Crippen molar-refractivity contribution in [2.45, 2.75) is 0 Å². The molecule has 1 N–H and O–H groups in total. The third-order valence-corrected chi connectivity index (χ3v) is 3.53. The fraction of sp³-hybridized carbons (Fsp3) is 0.